The first-order chi connectivity index (χ1) is 8.38. The third-order valence-electron chi connectivity index (χ3n) is 2.82. The highest BCUT2D eigenvalue weighted by Crippen LogP contribution is 2.15. The molecule has 1 N–H and O–H groups in total. The molecule has 92 valence electrons. The second kappa shape index (κ2) is 8.74. The predicted octanol–water partition coefficient (Wildman–Crippen LogP) is 2.04. The number of piperidine rings is 1. The lowest BCUT2D eigenvalue weighted by molar-refractivity contribution is 0.144. The van der Waals surface area contributed by atoms with Crippen molar-refractivity contribution < 1.29 is 5.11 Å². The van der Waals surface area contributed by atoms with Gasteiger partial charge in [-0.25, -0.2) is 0 Å². The minimum atomic E-state index is 0.0518. The minimum Gasteiger partial charge on any atom is -0.395 e. The van der Waals surface area contributed by atoms with Crippen LogP contribution in [0.15, 0.2) is 36.4 Å². The Morgan fingerprint density at radius 3 is 2.18 bits per heavy atom. The smallest absolute Gasteiger partial charge is 0.0978 e. The SMILES string of the molecule is N#CC1CCCCN1CCO.c1ccccc1. The molecule has 1 heterocycles. The third kappa shape index (κ3) is 5.48. The summed E-state index contributed by atoms with van der Waals surface area (Å²) in [6.45, 7) is 1.79. The molecule has 1 aromatic carbocycles. The van der Waals surface area contributed by atoms with E-state index in [-0.39, 0.29) is 12.6 Å². The van der Waals surface area contributed by atoms with Gasteiger partial charge in [-0.1, -0.05) is 36.4 Å². The number of aliphatic hydroxyl groups excluding tert-OH is 1. The summed E-state index contributed by atoms with van der Waals surface area (Å²) in [7, 11) is 0. The largest absolute Gasteiger partial charge is 0.395 e. The number of nitrogens with zero attached hydrogens (tertiary/aromatic N) is 2. The molecule has 1 aliphatic rings. The third-order valence-corrected chi connectivity index (χ3v) is 2.82. The van der Waals surface area contributed by atoms with Gasteiger partial charge in [-0.15, -0.1) is 0 Å². The van der Waals surface area contributed by atoms with Crippen LogP contribution >= 0.6 is 0 Å². The van der Waals surface area contributed by atoms with E-state index in [1.54, 1.807) is 0 Å². The second-order valence-corrected chi connectivity index (χ2v) is 4.05. The Hall–Kier alpha value is -1.37. The topological polar surface area (TPSA) is 47.3 Å². The molecule has 3 heteroatoms. The summed E-state index contributed by atoms with van der Waals surface area (Å²) >= 11 is 0. The first-order valence-corrected chi connectivity index (χ1v) is 6.13. The summed E-state index contributed by atoms with van der Waals surface area (Å²) in [6.07, 6.45) is 3.29. The van der Waals surface area contributed by atoms with Crippen LogP contribution in [0.25, 0.3) is 0 Å². The van der Waals surface area contributed by atoms with E-state index in [0.717, 1.165) is 25.8 Å². The first-order valence-electron chi connectivity index (χ1n) is 6.13. The van der Waals surface area contributed by atoms with Gasteiger partial charge >= 0.3 is 0 Å². The molecule has 0 bridgehead atoms. The summed E-state index contributed by atoms with van der Waals surface area (Å²) in [5.74, 6) is 0. The minimum absolute atomic E-state index is 0.0518. The second-order valence-electron chi connectivity index (χ2n) is 4.05. The lowest BCUT2D eigenvalue weighted by atomic mass is 10.0. The zero-order chi connectivity index (χ0) is 12.3. The van der Waals surface area contributed by atoms with Crippen LogP contribution in [0.5, 0.6) is 0 Å². The Balaban J connectivity index is 0.000000202. The maximum absolute atomic E-state index is 8.71. The fraction of sp³-hybridized carbons (Fsp3) is 0.500. The van der Waals surface area contributed by atoms with Crippen LogP contribution in [0.4, 0.5) is 0 Å². The lowest BCUT2D eigenvalue weighted by Crippen LogP contribution is -2.40. The maximum atomic E-state index is 8.71. The Morgan fingerprint density at radius 2 is 1.71 bits per heavy atom. The van der Waals surface area contributed by atoms with Gasteiger partial charge in [-0.3, -0.25) is 4.90 Å². The molecular weight excluding hydrogens is 212 g/mol. The van der Waals surface area contributed by atoms with Gasteiger partial charge in [0, 0.05) is 6.54 Å². The normalized spacial score (nSPS) is 19.9. The van der Waals surface area contributed by atoms with Crippen molar-refractivity contribution in [2.75, 3.05) is 19.7 Å². The number of likely N-dealkylation sites (tertiary alicyclic amines) is 1. The first kappa shape index (κ1) is 13.7. The van der Waals surface area contributed by atoms with Crippen molar-refractivity contribution in [1.82, 2.24) is 4.90 Å². The molecule has 1 aromatic rings. The van der Waals surface area contributed by atoms with Gasteiger partial charge < -0.3 is 5.11 Å². The van der Waals surface area contributed by atoms with Gasteiger partial charge in [0.25, 0.3) is 0 Å². The molecule has 0 spiro atoms. The summed E-state index contributed by atoms with van der Waals surface area (Å²) in [4.78, 5) is 2.06. The molecule has 0 aliphatic carbocycles. The molecule has 1 atom stereocenters. The van der Waals surface area contributed by atoms with Crippen LogP contribution in [0, 0.1) is 11.3 Å². The van der Waals surface area contributed by atoms with E-state index in [1.807, 2.05) is 36.4 Å². The van der Waals surface area contributed by atoms with Crippen LogP contribution in [0.2, 0.25) is 0 Å². The van der Waals surface area contributed by atoms with Gasteiger partial charge in [0.05, 0.1) is 18.7 Å². The van der Waals surface area contributed by atoms with Crippen LogP contribution < -0.4 is 0 Å². The van der Waals surface area contributed by atoms with E-state index in [1.165, 1.54) is 0 Å². The van der Waals surface area contributed by atoms with E-state index < -0.39 is 0 Å². The molecule has 0 radical (unpaired) electrons. The zero-order valence-corrected chi connectivity index (χ0v) is 10.1. The molecule has 1 unspecified atom stereocenters. The van der Waals surface area contributed by atoms with Gasteiger partial charge in [0.2, 0.25) is 0 Å². The molecule has 1 aliphatic heterocycles. The van der Waals surface area contributed by atoms with Crippen molar-refractivity contribution in [3.05, 3.63) is 36.4 Å². The molecule has 1 saturated heterocycles. The average molecular weight is 232 g/mol. The summed E-state index contributed by atoms with van der Waals surface area (Å²) in [6, 6.07) is 14.3. The number of aliphatic hydroxyl groups is 1. The van der Waals surface area contributed by atoms with Crippen LogP contribution in [0.3, 0.4) is 0 Å². The van der Waals surface area contributed by atoms with E-state index >= 15 is 0 Å². The van der Waals surface area contributed by atoms with E-state index in [0.29, 0.717) is 6.54 Å². The van der Waals surface area contributed by atoms with Crippen molar-refractivity contribution >= 4 is 0 Å². The van der Waals surface area contributed by atoms with Crippen LogP contribution in [0.1, 0.15) is 19.3 Å². The van der Waals surface area contributed by atoms with Gasteiger partial charge in [0.15, 0.2) is 0 Å². The number of benzene rings is 1. The lowest BCUT2D eigenvalue weighted by Gasteiger charge is -2.30. The van der Waals surface area contributed by atoms with Gasteiger partial charge in [-0.2, -0.15) is 5.26 Å². The highest BCUT2D eigenvalue weighted by atomic mass is 16.3. The van der Waals surface area contributed by atoms with E-state index in [9.17, 15) is 0 Å². The maximum Gasteiger partial charge on any atom is 0.0978 e. The van der Waals surface area contributed by atoms with Gasteiger partial charge in [0.1, 0.15) is 0 Å². The highest BCUT2D eigenvalue weighted by molar-refractivity contribution is 4.99. The number of hydrogen-bond donors (Lipinski definition) is 1. The van der Waals surface area contributed by atoms with Crippen molar-refractivity contribution in [1.29, 1.82) is 5.26 Å². The van der Waals surface area contributed by atoms with Crippen molar-refractivity contribution in [2.24, 2.45) is 0 Å². The van der Waals surface area contributed by atoms with E-state index in [2.05, 4.69) is 11.0 Å². The van der Waals surface area contributed by atoms with Crippen molar-refractivity contribution in [2.45, 2.75) is 25.3 Å². The summed E-state index contributed by atoms with van der Waals surface area (Å²) < 4.78 is 0. The van der Waals surface area contributed by atoms with Crippen LogP contribution in [-0.4, -0.2) is 35.7 Å². The van der Waals surface area contributed by atoms with Crippen molar-refractivity contribution in [3.63, 3.8) is 0 Å². The average Bonchev–Trinajstić information content (AvgIpc) is 2.42. The Morgan fingerprint density at radius 1 is 1.12 bits per heavy atom. The Kier molecular flexibility index (Phi) is 7.04. The molecule has 2 rings (SSSR count). The molecule has 3 nitrogen and oxygen atoms in total. The van der Waals surface area contributed by atoms with Crippen molar-refractivity contribution in [3.8, 4) is 6.07 Å². The number of rotatable bonds is 2. The molecular formula is C14H20N2O. The predicted molar refractivity (Wildman–Crippen MR) is 68.4 cm³/mol. The number of hydrogen-bond acceptors (Lipinski definition) is 3. The molecule has 0 amide bonds. The standard InChI is InChI=1S/C8H14N2O.C6H6/c9-7-8-3-1-2-4-10(8)5-6-11;1-2-4-6-5-3-1/h8,11H,1-6H2;1-6H. The fourth-order valence-corrected chi connectivity index (χ4v) is 1.92. The van der Waals surface area contributed by atoms with E-state index in [4.69, 9.17) is 10.4 Å². The summed E-state index contributed by atoms with van der Waals surface area (Å²) in [5, 5.41) is 17.4. The summed E-state index contributed by atoms with van der Waals surface area (Å²) in [5.41, 5.74) is 0. The van der Waals surface area contributed by atoms with Crippen LogP contribution in [-0.2, 0) is 0 Å². The number of β-amino-alcohol motifs (C(OH)–C–C–N with tert-alkyl or cyclic N) is 1. The number of nitriles is 1. The Bertz CT molecular complexity index is 292. The van der Waals surface area contributed by atoms with Gasteiger partial charge in [-0.05, 0) is 25.8 Å². The fourth-order valence-electron chi connectivity index (χ4n) is 1.92. The monoisotopic (exact) mass is 232 g/mol. The highest BCUT2D eigenvalue weighted by Gasteiger charge is 2.20. The Labute approximate surface area is 103 Å². The molecule has 17 heavy (non-hydrogen) atoms. The molecule has 0 saturated carbocycles. The zero-order valence-electron chi connectivity index (χ0n) is 10.1. The quantitative estimate of drug-likeness (QED) is 0.849. The molecule has 0 aromatic heterocycles. The molecule has 1 fully saturated rings.